The Hall–Kier alpha value is -3.35. The first-order valence-electron chi connectivity index (χ1n) is 9.53. The highest BCUT2D eigenvalue weighted by Crippen LogP contribution is 2.32. The van der Waals surface area contributed by atoms with Crippen LogP contribution in [-0.4, -0.2) is 40.1 Å². The van der Waals surface area contributed by atoms with Crippen molar-refractivity contribution in [1.29, 1.82) is 0 Å². The fourth-order valence-electron chi connectivity index (χ4n) is 3.35. The predicted molar refractivity (Wildman–Crippen MR) is 108 cm³/mol. The van der Waals surface area contributed by atoms with Gasteiger partial charge in [0.2, 0.25) is 0 Å². The van der Waals surface area contributed by atoms with Crippen LogP contribution in [0.3, 0.4) is 0 Å². The minimum atomic E-state index is -0.611. The lowest BCUT2D eigenvalue weighted by atomic mass is 9.86. The lowest BCUT2D eigenvalue weighted by Crippen LogP contribution is -2.56. The molecule has 0 unspecified atom stereocenters. The van der Waals surface area contributed by atoms with Crippen LogP contribution in [0.5, 0.6) is 5.75 Å². The van der Waals surface area contributed by atoms with E-state index in [-0.39, 0.29) is 17.4 Å². The van der Waals surface area contributed by atoms with Crippen LogP contribution in [0.15, 0.2) is 57.8 Å². The van der Waals surface area contributed by atoms with Crippen molar-refractivity contribution in [2.24, 2.45) is 0 Å². The molecule has 29 heavy (non-hydrogen) atoms. The highest BCUT2D eigenvalue weighted by Gasteiger charge is 2.33. The number of nitrogens with zero attached hydrogens (tertiary/aromatic N) is 2. The Labute approximate surface area is 168 Å². The number of para-hydroxylation sites is 1. The Bertz CT molecular complexity index is 1070. The van der Waals surface area contributed by atoms with Gasteiger partial charge in [-0.15, -0.1) is 0 Å². The number of rotatable bonds is 4. The lowest BCUT2D eigenvalue weighted by Gasteiger charge is -2.39. The monoisotopic (exact) mass is 393 g/mol. The van der Waals surface area contributed by atoms with Crippen LogP contribution < -0.4 is 10.5 Å². The Balaban J connectivity index is 1.38. The summed E-state index contributed by atoms with van der Waals surface area (Å²) in [5.74, 6) is 0.556. The molecule has 1 aromatic heterocycles. The van der Waals surface area contributed by atoms with Gasteiger partial charge < -0.3 is 9.64 Å². The summed E-state index contributed by atoms with van der Waals surface area (Å²) in [4.78, 5) is 28.0. The molecule has 0 atom stereocenters. The molecular formula is C22H23N3O4. The van der Waals surface area contributed by atoms with Gasteiger partial charge in [0.25, 0.3) is 5.91 Å². The number of amides is 1. The van der Waals surface area contributed by atoms with E-state index in [9.17, 15) is 9.59 Å². The molecule has 0 bridgehead atoms. The number of carbonyl (C=O) groups is 1. The summed E-state index contributed by atoms with van der Waals surface area (Å²) in [5.41, 5.74) is 2.40. The first-order chi connectivity index (χ1) is 13.8. The molecule has 2 aromatic carbocycles. The third kappa shape index (κ3) is 3.94. The zero-order chi connectivity index (χ0) is 20.6. The number of H-pyrrole nitrogens is 1. The van der Waals surface area contributed by atoms with E-state index in [0.29, 0.717) is 30.0 Å². The number of hydrogen-bond acceptors (Lipinski definition) is 5. The maximum Gasteiger partial charge on any atom is 0.439 e. The fraction of sp³-hybridized carbons (Fsp3) is 0.318. The molecule has 3 aromatic rings. The molecule has 2 heterocycles. The molecule has 1 aliphatic rings. The van der Waals surface area contributed by atoms with Gasteiger partial charge in [0.15, 0.2) is 5.82 Å². The SMILES string of the molecule is CC(C)(C)c1ccccc1OC1CN(C(=O)c2ccc(-c3noc(=O)[nH]3)cc2)C1. The first kappa shape index (κ1) is 19.0. The third-order valence-corrected chi connectivity index (χ3v) is 4.97. The summed E-state index contributed by atoms with van der Waals surface area (Å²) in [5, 5.41) is 3.64. The molecule has 1 amide bonds. The van der Waals surface area contributed by atoms with Crippen molar-refractivity contribution in [3.63, 3.8) is 0 Å². The van der Waals surface area contributed by atoms with Crippen LogP contribution in [0.25, 0.3) is 11.4 Å². The molecule has 7 nitrogen and oxygen atoms in total. The molecule has 0 radical (unpaired) electrons. The van der Waals surface area contributed by atoms with Gasteiger partial charge in [-0.2, -0.15) is 0 Å². The van der Waals surface area contributed by atoms with E-state index in [1.165, 1.54) is 0 Å². The summed E-state index contributed by atoms with van der Waals surface area (Å²) in [6.07, 6.45) is -0.0121. The number of aromatic nitrogens is 2. The summed E-state index contributed by atoms with van der Waals surface area (Å²) in [6, 6.07) is 14.9. The summed E-state index contributed by atoms with van der Waals surface area (Å²) in [6.45, 7) is 7.57. The normalized spacial score (nSPS) is 14.5. The minimum absolute atomic E-state index is 0.00822. The first-order valence-corrected chi connectivity index (χ1v) is 9.53. The Morgan fingerprint density at radius 2 is 1.83 bits per heavy atom. The van der Waals surface area contributed by atoms with Crippen molar-refractivity contribution in [1.82, 2.24) is 15.0 Å². The summed E-state index contributed by atoms with van der Waals surface area (Å²) >= 11 is 0. The van der Waals surface area contributed by atoms with Gasteiger partial charge >= 0.3 is 5.76 Å². The van der Waals surface area contributed by atoms with Crippen molar-refractivity contribution in [2.45, 2.75) is 32.3 Å². The second-order valence-electron chi connectivity index (χ2n) is 8.22. The van der Waals surface area contributed by atoms with Gasteiger partial charge in [-0.25, -0.2) is 4.79 Å². The van der Waals surface area contributed by atoms with E-state index in [1.54, 1.807) is 29.2 Å². The highest BCUT2D eigenvalue weighted by molar-refractivity contribution is 5.95. The number of benzene rings is 2. The highest BCUT2D eigenvalue weighted by atomic mass is 16.5. The molecule has 4 rings (SSSR count). The van der Waals surface area contributed by atoms with E-state index >= 15 is 0 Å². The minimum Gasteiger partial charge on any atom is -0.486 e. The van der Waals surface area contributed by atoms with Gasteiger partial charge in [-0.1, -0.05) is 56.3 Å². The van der Waals surface area contributed by atoms with E-state index in [4.69, 9.17) is 4.74 Å². The van der Waals surface area contributed by atoms with Crippen LogP contribution in [0.4, 0.5) is 0 Å². The fourth-order valence-corrected chi connectivity index (χ4v) is 3.35. The largest absolute Gasteiger partial charge is 0.486 e. The average Bonchev–Trinajstić information content (AvgIpc) is 3.10. The van der Waals surface area contributed by atoms with Gasteiger partial charge in [0.05, 0.1) is 13.1 Å². The van der Waals surface area contributed by atoms with E-state index in [2.05, 4.69) is 41.5 Å². The van der Waals surface area contributed by atoms with E-state index in [0.717, 1.165) is 11.3 Å². The number of carbonyl (C=O) groups excluding carboxylic acids is 1. The maximum atomic E-state index is 12.7. The number of likely N-dealkylation sites (tertiary alicyclic amines) is 1. The molecule has 1 saturated heterocycles. The lowest BCUT2D eigenvalue weighted by molar-refractivity contribution is 0.0171. The topological polar surface area (TPSA) is 88.4 Å². The van der Waals surface area contributed by atoms with E-state index < -0.39 is 5.76 Å². The molecule has 0 aliphatic carbocycles. The van der Waals surface area contributed by atoms with Crippen molar-refractivity contribution < 1.29 is 14.1 Å². The van der Waals surface area contributed by atoms with Gasteiger partial charge in [-0.05, 0) is 29.2 Å². The number of hydrogen-bond donors (Lipinski definition) is 1. The standard InChI is InChI=1S/C22H23N3O4/c1-22(2,3)17-6-4-5-7-18(17)28-16-12-25(13-16)20(26)15-10-8-14(9-11-15)19-23-21(27)29-24-19/h4-11,16H,12-13H2,1-3H3,(H,23,24,27). The Morgan fingerprint density at radius 3 is 2.45 bits per heavy atom. The van der Waals surface area contributed by atoms with Crippen molar-refractivity contribution >= 4 is 5.91 Å². The molecule has 0 spiro atoms. The third-order valence-electron chi connectivity index (χ3n) is 4.97. The van der Waals surface area contributed by atoms with Crippen molar-refractivity contribution in [2.75, 3.05) is 13.1 Å². The zero-order valence-corrected chi connectivity index (χ0v) is 16.6. The zero-order valence-electron chi connectivity index (χ0n) is 16.6. The van der Waals surface area contributed by atoms with Crippen LogP contribution >= 0.6 is 0 Å². The number of aromatic amines is 1. The second kappa shape index (κ2) is 7.24. The number of ether oxygens (including phenoxy) is 1. The van der Waals surface area contributed by atoms with Crippen LogP contribution in [0, 0.1) is 0 Å². The average molecular weight is 393 g/mol. The summed E-state index contributed by atoms with van der Waals surface area (Å²) < 4.78 is 10.7. The molecule has 150 valence electrons. The molecular weight excluding hydrogens is 370 g/mol. The van der Waals surface area contributed by atoms with Gasteiger partial charge in [0.1, 0.15) is 11.9 Å². The Kier molecular flexibility index (Phi) is 4.74. The van der Waals surface area contributed by atoms with Crippen LogP contribution in [0.2, 0.25) is 0 Å². The van der Waals surface area contributed by atoms with Crippen LogP contribution in [0.1, 0.15) is 36.7 Å². The maximum absolute atomic E-state index is 12.7. The molecule has 0 saturated carbocycles. The Morgan fingerprint density at radius 1 is 1.14 bits per heavy atom. The predicted octanol–water partition coefficient (Wildman–Crippen LogP) is 3.23. The molecule has 1 fully saturated rings. The second-order valence-corrected chi connectivity index (χ2v) is 8.22. The molecule has 1 aliphatic heterocycles. The summed E-state index contributed by atoms with van der Waals surface area (Å²) in [7, 11) is 0. The number of nitrogens with one attached hydrogen (secondary N) is 1. The van der Waals surface area contributed by atoms with Crippen molar-refractivity contribution in [3.8, 4) is 17.1 Å². The quantitative estimate of drug-likeness (QED) is 0.735. The van der Waals surface area contributed by atoms with Crippen molar-refractivity contribution in [3.05, 3.63) is 70.2 Å². The van der Waals surface area contributed by atoms with E-state index in [1.807, 2.05) is 18.2 Å². The van der Waals surface area contributed by atoms with Gasteiger partial charge in [-0.3, -0.25) is 14.3 Å². The molecule has 1 N–H and O–H groups in total. The molecule has 7 heteroatoms. The van der Waals surface area contributed by atoms with Crippen LogP contribution in [-0.2, 0) is 5.41 Å². The van der Waals surface area contributed by atoms with Gasteiger partial charge in [0, 0.05) is 11.1 Å². The smallest absolute Gasteiger partial charge is 0.439 e.